The second kappa shape index (κ2) is 8.48. The third-order valence-electron chi connectivity index (χ3n) is 3.56. The summed E-state index contributed by atoms with van der Waals surface area (Å²) in [6, 6.07) is 19.3. The number of ether oxygens (including phenoxy) is 1. The molecule has 0 saturated carbocycles. The summed E-state index contributed by atoms with van der Waals surface area (Å²) < 4.78 is 5.61. The van der Waals surface area contributed by atoms with Gasteiger partial charge < -0.3 is 10.1 Å². The van der Waals surface area contributed by atoms with Crippen LogP contribution >= 0.6 is 0 Å². The summed E-state index contributed by atoms with van der Waals surface area (Å²) in [5.74, 6) is 0.956. The smallest absolute Gasteiger partial charge is 0.119 e. The van der Waals surface area contributed by atoms with Gasteiger partial charge in [-0.25, -0.2) is 0 Å². The lowest BCUT2D eigenvalue weighted by molar-refractivity contribution is 0.317. The first-order chi connectivity index (χ1) is 10.3. The number of rotatable bonds is 8. The molecule has 1 N–H and O–H groups in total. The zero-order valence-electron chi connectivity index (χ0n) is 13.0. The van der Waals surface area contributed by atoms with E-state index in [9.17, 15) is 0 Å². The van der Waals surface area contributed by atoms with Gasteiger partial charge in [-0.3, -0.25) is 0 Å². The molecule has 2 rings (SSSR count). The molecule has 21 heavy (non-hydrogen) atoms. The highest BCUT2D eigenvalue weighted by Crippen LogP contribution is 2.17. The Bertz CT molecular complexity index is 507. The molecule has 0 saturated heterocycles. The number of nitrogens with one attached hydrogen (secondary N) is 1. The van der Waals surface area contributed by atoms with E-state index in [0.717, 1.165) is 31.7 Å². The van der Waals surface area contributed by atoms with Crippen LogP contribution in [-0.4, -0.2) is 13.2 Å². The summed E-state index contributed by atoms with van der Waals surface area (Å²) in [4.78, 5) is 0. The molecular formula is C19H25NO. The number of hydrogen-bond donors (Lipinski definition) is 1. The van der Waals surface area contributed by atoms with E-state index in [1.807, 2.05) is 0 Å². The van der Waals surface area contributed by atoms with Gasteiger partial charge in [-0.2, -0.15) is 0 Å². The average molecular weight is 283 g/mol. The second-order valence-corrected chi connectivity index (χ2v) is 5.33. The first kappa shape index (κ1) is 15.6. The highest BCUT2D eigenvalue weighted by atomic mass is 16.5. The van der Waals surface area contributed by atoms with Gasteiger partial charge in [0.1, 0.15) is 5.75 Å². The quantitative estimate of drug-likeness (QED) is 0.777. The molecule has 0 bridgehead atoms. The average Bonchev–Trinajstić information content (AvgIpc) is 2.54. The molecule has 0 aliphatic heterocycles. The van der Waals surface area contributed by atoms with Crippen LogP contribution in [0.5, 0.6) is 5.75 Å². The lowest BCUT2D eigenvalue weighted by Gasteiger charge is -2.15. The minimum Gasteiger partial charge on any atom is -0.494 e. The van der Waals surface area contributed by atoms with Gasteiger partial charge in [-0.15, -0.1) is 0 Å². The van der Waals surface area contributed by atoms with Gasteiger partial charge in [0.2, 0.25) is 0 Å². The van der Waals surface area contributed by atoms with Crippen LogP contribution in [0.3, 0.4) is 0 Å². The van der Waals surface area contributed by atoms with Crippen molar-refractivity contribution >= 4 is 0 Å². The lowest BCUT2D eigenvalue weighted by Crippen LogP contribution is -2.21. The molecule has 0 spiro atoms. The first-order valence-corrected chi connectivity index (χ1v) is 7.79. The fraction of sp³-hybridized carbons (Fsp3) is 0.368. The van der Waals surface area contributed by atoms with Crippen LogP contribution < -0.4 is 10.1 Å². The third kappa shape index (κ3) is 5.24. The molecule has 0 heterocycles. The Hall–Kier alpha value is -1.80. The summed E-state index contributed by atoms with van der Waals surface area (Å²) in [5.41, 5.74) is 2.67. The van der Waals surface area contributed by atoms with E-state index in [1.54, 1.807) is 0 Å². The van der Waals surface area contributed by atoms with Crippen molar-refractivity contribution in [1.82, 2.24) is 5.32 Å². The summed E-state index contributed by atoms with van der Waals surface area (Å²) in [6.07, 6.45) is 2.10. The zero-order chi connectivity index (χ0) is 14.9. The van der Waals surface area contributed by atoms with Crippen molar-refractivity contribution in [2.24, 2.45) is 0 Å². The van der Waals surface area contributed by atoms with E-state index in [0.29, 0.717) is 6.04 Å². The Kier molecular flexibility index (Phi) is 6.29. The topological polar surface area (TPSA) is 21.3 Å². The first-order valence-electron chi connectivity index (χ1n) is 7.79. The maximum Gasteiger partial charge on any atom is 0.119 e. The largest absolute Gasteiger partial charge is 0.494 e. The molecule has 0 aliphatic rings. The monoisotopic (exact) mass is 283 g/mol. The summed E-state index contributed by atoms with van der Waals surface area (Å²) >= 11 is 0. The van der Waals surface area contributed by atoms with Gasteiger partial charge >= 0.3 is 0 Å². The van der Waals surface area contributed by atoms with Crippen LogP contribution in [0, 0.1) is 0 Å². The van der Waals surface area contributed by atoms with E-state index in [-0.39, 0.29) is 0 Å². The Balaban J connectivity index is 1.78. The Labute approximate surface area is 128 Å². The summed E-state index contributed by atoms with van der Waals surface area (Å²) in [6.45, 7) is 6.09. The van der Waals surface area contributed by atoms with Gasteiger partial charge in [0.15, 0.2) is 0 Å². The van der Waals surface area contributed by atoms with Crippen LogP contribution in [0.1, 0.15) is 37.4 Å². The molecule has 0 fully saturated rings. The van der Waals surface area contributed by atoms with E-state index >= 15 is 0 Å². The molecule has 0 amide bonds. The van der Waals surface area contributed by atoms with Crippen LogP contribution in [-0.2, 0) is 6.42 Å². The maximum atomic E-state index is 5.61. The molecule has 1 unspecified atom stereocenters. The number of benzene rings is 2. The Morgan fingerprint density at radius 2 is 1.71 bits per heavy atom. The normalized spacial score (nSPS) is 12.1. The van der Waals surface area contributed by atoms with Crippen molar-refractivity contribution in [2.75, 3.05) is 13.2 Å². The predicted octanol–water partition coefficient (Wildman–Crippen LogP) is 4.37. The van der Waals surface area contributed by atoms with E-state index in [2.05, 4.69) is 73.8 Å². The lowest BCUT2D eigenvalue weighted by atomic mass is 10.1. The predicted molar refractivity (Wildman–Crippen MR) is 88.8 cm³/mol. The summed E-state index contributed by atoms with van der Waals surface area (Å²) in [5, 5.41) is 3.57. The fourth-order valence-corrected chi connectivity index (χ4v) is 2.27. The van der Waals surface area contributed by atoms with Gasteiger partial charge in [0, 0.05) is 6.04 Å². The van der Waals surface area contributed by atoms with Crippen LogP contribution in [0.2, 0.25) is 0 Å². The zero-order valence-corrected chi connectivity index (χ0v) is 13.0. The molecule has 1 atom stereocenters. The third-order valence-corrected chi connectivity index (χ3v) is 3.56. The van der Waals surface area contributed by atoms with E-state index in [4.69, 9.17) is 4.74 Å². The summed E-state index contributed by atoms with van der Waals surface area (Å²) in [7, 11) is 0. The van der Waals surface area contributed by atoms with Crippen molar-refractivity contribution in [1.29, 1.82) is 0 Å². The van der Waals surface area contributed by atoms with Crippen molar-refractivity contribution in [3.05, 3.63) is 65.7 Å². The molecule has 0 aromatic heterocycles. The number of hydrogen-bond acceptors (Lipinski definition) is 2. The van der Waals surface area contributed by atoms with Crippen molar-refractivity contribution in [2.45, 2.75) is 32.7 Å². The SMILES string of the molecule is CCCOc1ccc(C(C)NCCc2ccccc2)cc1. The van der Waals surface area contributed by atoms with Crippen LogP contribution in [0.4, 0.5) is 0 Å². The highest BCUT2D eigenvalue weighted by molar-refractivity contribution is 5.29. The van der Waals surface area contributed by atoms with Gasteiger partial charge in [0.05, 0.1) is 6.61 Å². The second-order valence-electron chi connectivity index (χ2n) is 5.33. The highest BCUT2D eigenvalue weighted by Gasteiger charge is 2.04. The van der Waals surface area contributed by atoms with Gasteiger partial charge in [0.25, 0.3) is 0 Å². The molecule has 2 aromatic rings. The Morgan fingerprint density at radius 1 is 1.00 bits per heavy atom. The van der Waals surface area contributed by atoms with Crippen molar-refractivity contribution in [3.8, 4) is 5.75 Å². The van der Waals surface area contributed by atoms with E-state index < -0.39 is 0 Å². The standard InChI is InChI=1S/C19H25NO/c1-3-15-21-19-11-9-18(10-12-19)16(2)20-14-13-17-7-5-4-6-8-17/h4-12,16,20H,3,13-15H2,1-2H3. The van der Waals surface area contributed by atoms with Crippen molar-refractivity contribution < 1.29 is 4.74 Å². The minimum atomic E-state index is 0.355. The van der Waals surface area contributed by atoms with Gasteiger partial charge in [-0.1, -0.05) is 49.4 Å². The maximum absolute atomic E-state index is 5.61. The molecule has 2 aromatic carbocycles. The van der Waals surface area contributed by atoms with E-state index in [1.165, 1.54) is 11.1 Å². The minimum absolute atomic E-state index is 0.355. The van der Waals surface area contributed by atoms with Crippen molar-refractivity contribution in [3.63, 3.8) is 0 Å². The van der Waals surface area contributed by atoms with Crippen LogP contribution in [0.25, 0.3) is 0 Å². The molecule has 112 valence electrons. The Morgan fingerprint density at radius 3 is 2.38 bits per heavy atom. The van der Waals surface area contributed by atoms with Gasteiger partial charge in [-0.05, 0) is 49.6 Å². The molecule has 0 aliphatic carbocycles. The fourth-order valence-electron chi connectivity index (χ4n) is 2.27. The molecule has 2 nitrogen and oxygen atoms in total. The molecular weight excluding hydrogens is 258 g/mol. The molecule has 2 heteroatoms. The van der Waals surface area contributed by atoms with Crippen LogP contribution in [0.15, 0.2) is 54.6 Å². The molecule has 0 radical (unpaired) electrons.